The lowest BCUT2D eigenvalue weighted by Crippen LogP contribution is -2.79. The Balaban J connectivity index is 1.80. The lowest BCUT2D eigenvalue weighted by Gasteiger charge is -2.08. The first-order valence-corrected chi connectivity index (χ1v) is 11.0. The molecule has 0 aliphatic rings. The van der Waals surface area contributed by atoms with E-state index in [0.29, 0.717) is 17.6 Å². The minimum atomic E-state index is -3.73. The average Bonchev–Trinajstić information content (AvgIpc) is 2.70. The molecule has 0 saturated carbocycles. The Kier molecular flexibility index (Phi) is 6.56. The highest BCUT2D eigenvalue weighted by molar-refractivity contribution is 7.89. The van der Waals surface area contributed by atoms with Crippen molar-refractivity contribution in [2.24, 2.45) is 11.1 Å². The fraction of sp³-hybridized carbons (Fsp3) is 0.190. The average molecular weight is 426 g/mol. The number of rotatable bonds is 8. The van der Waals surface area contributed by atoms with Crippen LogP contribution in [0.1, 0.15) is 19.4 Å². The molecule has 3 aromatic rings. The van der Waals surface area contributed by atoms with Gasteiger partial charge < -0.3 is 16.0 Å². The van der Waals surface area contributed by atoms with Crippen LogP contribution in [0, 0.1) is 11.3 Å². The van der Waals surface area contributed by atoms with Crippen LogP contribution in [0.25, 0.3) is 16.5 Å². The van der Waals surface area contributed by atoms with Gasteiger partial charge in [-0.15, -0.1) is 0 Å². The Bertz CT molecular complexity index is 1190. The molecule has 2 aromatic carbocycles. The summed E-state index contributed by atoms with van der Waals surface area (Å²) in [6.07, 6.45) is 5.03. The second-order valence-corrected chi connectivity index (χ2v) is 8.85. The summed E-state index contributed by atoms with van der Waals surface area (Å²) in [6, 6.07) is 11.8. The van der Waals surface area contributed by atoms with Crippen molar-refractivity contribution in [1.82, 2.24) is 9.97 Å². The number of nitrogens with two attached hydrogens (primary N) is 2. The number of fused-ring (bicyclic) bond motifs is 1. The lowest BCUT2D eigenvalue weighted by atomic mass is 10.1. The molecule has 9 heteroatoms. The van der Waals surface area contributed by atoms with Crippen molar-refractivity contribution >= 4 is 44.3 Å². The van der Waals surface area contributed by atoms with Gasteiger partial charge in [0.15, 0.2) is 0 Å². The van der Waals surface area contributed by atoms with Gasteiger partial charge >= 0.3 is 0 Å². The zero-order valence-corrected chi connectivity index (χ0v) is 17.6. The first kappa shape index (κ1) is 21.6. The van der Waals surface area contributed by atoms with E-state index in [-0.39, 0.29) is 4.90 Å². The number of hydrogen-bond acceptors (Lipinski definition) is 6. The van der Waals surface area contributed by atoms with Crippen LogP contribution >= 0.6 is 0 Å². The minimum absolute atomic E-state index is 0.0423. The summed E-state index contributed by atoms with van der Waals surface area (Å²) in [5.74, 6) is 0.965. The van der Waals surface area contributed by atoms with Crippen molar-refractivity contribution in [3.63, 3.8) is 0 Å². The van der Waals surface area contributed by atoms with Crippen molar-refractivity contribution in [3.05, 3.63) is 60.4 Å². The highest BCUT2D eigenvalue weighted by atomic mass is 32.2. The normalized spacial score (nSPS) is 12.3. The lowest BCUT2D eigenvalue weighted by molar-refractivity contribution is -0.592. The minimum Gasteiger partial charge on any atom is -0.324 e. The number of hydrogen-bond donors (Lipinski definition) is 4. The van der Waals surface area contributed by atoms with E-state index in [1.54, 1.807) is 18.3 Å². The Hall–Kier alpha value is -3.14. The first-order chi connectivity index (χ1) is 14.3. The molecule has 156 valence electrons. The van der Waals surface area contributed by atoms with Gasteiger partial charge in [-0.3, -0.25) is 0 Å². The number of nitrogens with one attached hydrogen (secondary N) is 2. The quantitative estimate of drug-likeness (QED) is 0.410. The first-order valence-electron chi connectivity index (χ1n) is 9.47. The maximum atomic E-state index is 11.3. The summed E-state index contributed by atoms with van der Waals surface area (Å²) in [4.78, 5) is 8.88. The van der Waals surface area contributed by atoms with E-state index in [1.165, 1.54) is 18.3 Å². The van der Waals surface area contributed by atoms with Crippen LogP contribution in [0.5, 0.6) is 0 Å². The van der Waals surface area contributed by atoms with Crippen molar-refractivity contribution < 1.29 is 13.7 Å². The van der Waals surface area contributed by atoms with E-state index in [1.807, 2.05) is 24.4 Å². The molecule has 0 unspecified atom stereocenters. The van der Waals surface area contributed by atoms with Gasteiger partial charge in [-0.1, -0.05) is 19.9 Å². The monoisotopic (exact) mass is 425 g/mol. The van der Waals surface area contributed by atoms with Gasteiger partial charge in [0.25, 0.3) is 0 Å². The number of anilines is 2. The predicted molar refractivity (Wildman–Crippen MR) is 119 cm³/mol. The molecular weight excluding hydrogens is 400 g/mol. The van der Waals surface area contributed by atoms with Crippen LogP contribution in [0.3, 0.4) is 0 Å². The van der Waals surface area contributed by atoms with Crippen LogP contribution in [-0.4, -0.2) is 31.1 Å². The molecule has 8 nitrogen and oxygen atoms in total. The standard InChI is InChI=1S/C21H24N6O2S/c1-14(2)11-24-12-17(10-22)15-3-8-20-16(9-15)13-25-21(27-20)26-18-4-6-19(7-5-18)30(23,28)29/h3-10,12-14,22,24H,11H2,1-2H3,(H2,23,28,29)(H,25,26,27)/p+1/b17-12+,22-10?. The maximum absolute atomic E-state index is 11.3. The van der Waals surface area contributed by atoms with Gasteiger partial charge in [0.05, 0.1) is 22.5 Å². The molecular formula is C21H25N6O2S+. The van der Waals surface area contributed by atoms with Crippen LogP contribution in [0.2, 0.25) is 0 Å². The molecule has 0 fully saturated rings. The largest absolute Gasteiger partial charge is 0.324 e. The van der Waals surface area contributed by atoms with Gasteiger partial charge in [-0.2, -0.15) is 0 Å². The summed E-state index contributed by atoms with van der Waals surface area (Å²) in [5, 5.41) is 18.8. The summed E-state index contributed by atoms with van der Waals surface area (Å²) in [6.45, 7) is 5.27. The molecule has 3 rings (SSSR count). The summed E-state index contributed by atoms with van der Waals surface area (Å²) < 4.78 is 22.7. The second-order valence-electron chi connectivity index (χ2n) is 7.29. The second kappa shape index (κ2) is 9.12. The van der Waals surface area contributed by atoms with Crippen molar-refractivity contribution in [3.8, 4) is 0 Å². The number of allylic oxidation sites excluding steroid dienone is 1. The number of aromatic nitrogens is 2. The number of nitrogens with zero attached hydrogens (tertiary/aromatic N) is 2. The summed E-state index contributed by atoms with van der Waals surface area (Å²) in [7, 11) is -3.73. The molecule has 6 N–H and O–H groups in total. The van der Waals surface area contributed by atoms with E-state index in [4.69, 9.17) is 10.5 Å². The van der Waals surface area contributed by atoms with Gasteiger partial charge in [0.2, 0.25) is 16.0 Å². The number of benzene rings is 2. The number of primary sulfonamides is 1. The Labute approximate surface area is 175 Å². The molecule has 1 heterocycles. The third kappa shape index (κ3) is 5.47. The molecule has 1 aromatic heterocycles. The van der Waals surface area contributed by atoms with Gasteiger partial charge in [-0.05, 0) is 42.0 Å². The molecule has 0 saturated heterocycles. The molecule has 0 atom stereocenters. The molecule has 0 amide bonds. The summed E-state index contributed by atoms with van der Waals surface area (Å²) in [5.41, 5.74) is 3.16. The summed E-state index contributed by atoms with van der Waals surface area (Å²) >= 11 is 0. The number of quaternary nitrogens is 1. The zero-order chi connectivity index (χ0) is 21.7. The topological polar surface area (TPSA) is 138 Å². The van der Waals surface area contributed by atoms with E-state index in [2.05, 4.69) is 34.4 Å². The van der Waals surface area contributed by atoms with Crippen LogP contribution in [0.4, 0.5) is 11.6 Å². The smallest absolute Gasteiger partial charge is 0.238 e. The Morgan fingerprint density at radius 1 is 1.23 bits per heavy atom. The zero-order valence-electron chi connectivity index (χ0n) is 16.8. The van der Waals surface area contributed by atoms with Crippen molar-refractivity contribution in [1.29, 1.82) is 5.41 Å². The van der Waals surface area contributed by atoms with Crippen LogP contribution in [-0.2, 0) is 10.0 Å². The maximum Gasteiger partial charge on any atom is 0.238 e. The van der Waals surface area contributed by atoms with Crippen molar-refractivity contribution in [2.75, 3.05) is 11.9 Å². The van der Waals surface area contributed by atoms with Crippen LogP contribution < -0.4 is 15.8 Å². The fourth-order valence-electron chi connectivity index (χ4n) is 2.83. The van der Waals surface area contributed by atoms with Gasteiger partial charge in [0.1, 0.15) is 6.20 Å². The predicted octanol–water partition coefficient (Wildman–Crippen LogP) is 2.23. The fourth-order valence-corrected chi connectivity index (χ4v) is 3.34. The van der Waals surface area contributed by atoms with E-state index < -0.39 is 10.0 Å². The molecule has 0 spiro atoms. The molecule has 0 aliphatic carbocycles. The van der Waals surface area contributed by atoms with E-state index in [0.717, 1.165) is 28.6 Å². The SMILES string of the molecule is CC(C)C[NH2+]/C=C(\C=N)c1ccc2nc(Nc3ccc(S(N)(=O)=O)cc3)ncc2c1. The van der Waals surface area contributed by atoms with Gasteiger partial charge in [0, 0.05) is 29.4 Å². The highest BCUT2D eigenvalue weighted by Crippen LogP contribution is 2.21. The van der Waals surface area contributed by atoms with Gasteiger partial charge in [-0.25, -0.2) is 23.5 Å². The molecule has 0 aliphatic heterocycles. The van der Waals surface area contributed by atoms with Crippen molar-refractivity contribution in [2.45, 2.75) is 18.7 Å². The molecule has 0 bridgehead atoms. The Morgan fingerprint density at radius 2 is 1.97 bits per heavy atom. The highest BCUT2D eigenvalue weighted by Gasteiger charge is 2.08. The third-order valence-electron chi connectivity index (χ3n) is 4.41. The molecule has 0 radical (unpaired) electrons. The third-order valence-corrected chi connectivity index (χ3v) is 5.34. The van der Waals surface area contributed by atoms with E-state index in [9.17, 15) is 8.42 Å². The number of sulfonamides is 1. The van der Waals surface area contributed by atoms with Crippen LogP contribution in [0.15, 0.2) is 59.8 Å². The molecule has 30 heavy (non-hydrogen) atoms. The van der Waals surface area contributed by atoms with E-state index >= 15 is 0 Å². The Morgan fingerprint density at radius 3 is 2.60 bits per heavy atom.